The molecule has 0 saturated carbocycles. The predicted octanol–water partition coefficient (Wildman–Crippen LogP) is 4.50. The van der Waals surface area contributed by atoms with Crippen molar-refractivity contribution in [1.29, 1.82) is 0 Å². The van der Waals surface area contributed by atoms with Crippen LogP contribution >= 0.6 is 11.6 Å². The summed E-state index contributed by atoms with van der Waals surface area (Å²) in [6.07, 6.45) is 5.56. The molecular weight excluding hydrogens is 424 g/mol. The highest BCUT2D eigenvalue weighted by Gasteiger charge is 2.25. The van der Waals surface area contributed by atoms with Crippen LogP contribution < -0.4 is 14.0 Å². The molecule has 32 heavy (non-hydrogen) atoms. The Morgan fingerprint density at radius 2 is 1.97 bits per heavy atom. The van der Waals surface area contributed by atoms with Crippen molar-refractivity contribution in [2.45, 2.75) is 25.8 Å². The maximum atomic E-state index is 6.44. The zero-order chi connectivity index (χ0) is 21.9. The Morgan fingerprint density at radius 3 is 2.78 bits per heavy atom. The van der Waals surface area contributed by atoms with Crippen molar-refractivity contribution in [1.82, 2.24) is 4.90 Å². The van der Waals surface area contributed by atoms with Crippen LogP contribution in [0, 0.1) is 0 Å². The van der Waals surface area contributed by atoms with Gasteiger partial charge in [-0.3, -0.25) is 4.90 Å². The number of aromatic nitrogens is 1. The van der Waals surface area contributed by atoms with E-state index in [2.05, 4.69) is 39.9 Å². The van der Waals surface area contributed by atoms with E-state index in [1.165, 1.54) is 28.5 Å². The van der Waals surface area contributed by atoms with Gasteiger partial charge in [0, 0.05) is 37.9 Å². The molecule has 2 aromatic carbocycles. The molecule has 1 aromatic heterocycles. The first-order valence-corrected chi connectivity index (χ1v) is 11.9. The third kappa shape index (κ3) is 4.42. The third-order valence-electron chi connectivity index (χ3n) is 6.49. The second-order valence-electron chi connectivity index (χ2n) is 8.50. The predicted molar refractivity (Wildman–Crippen MR) is 127 cm³/mol. The highest BCUT2D eigenvalue weighted by molar-refractivity contribution is 6.32. The summed E-state index contributed by atoms with van der Waals surface area (Å²) >= 11 is 6.44. The van der Waals surface area contributed by atoms with E-state index in [-0.39, 0.29) is 0 Å². The van der Waals surface area contributed by atoms with Crippen LogP contribution in [0.2, 0.25) is 5.02 Å². The first-order chi connectivity index (χ1) is 15.7. The maximum Gasteiger partial charge on any atom is 0.189 e. The van der Waals surface area contributed by atoms with Crippen LogP contribution in [0.1, 0.15) is 18.5 Å². The van der Waals surface area contributed by atoms with Crippen LogP contribution in [0.4, 0.5) is 0 Å². The van der Waals surface area contributed by atoms with Crippen molar-refractivity contribution in [3.8, 4) is 22.6 Å². The van der Waals surface area contributed by atoms with Crippen LogP contribution in [0.15, 0.2) is 42.6 Å². The van der Waals surface area contributed by atoms with Gasteiger partial charge in [-0.1, -0.05) is 17.7 Å². The standard InChI is InChI=1S/C26H30ClN2O3/c1-30-26-8-5-19(16-24(26)27)23-18-29-10-2-4-25(29)22-17-20(6-7-21(22)23)32-13-3-9-28-11-14-31-15-12-28/h5-8,16-18H,2-4,9-15H2,1H3/q+1. The summed E-state index contributed by atoms with van der Waals surface area (Å²) in [5.41, 5.74) is 3.68. The van der Waals surface area contributed by atoms with E-state index >= 15 is 0 Å². The quantitative estimate of drug-likeness (QED) is 0.389. The van der Waals surface area contributed by atoms with Gasteiger partial charge in [0.15, 0.2) is 11.9 Å². The van der Waals surface area contributed by atoms with Gasteiger partial charge in [-0.15, -0.1) is 0 Å². The highest BCUT2D eigenvalue weighted by atomic mass is 35.5. The molecular formula is C26H30ClN2O3+. The van der Waals surface area contributed by atoms with Crippen molar-refractivity contribution in [3.05, 3.63) is 53.3 Å². The lowest BCUT2D eigenvalue weighted by Gasteiger charge is -2.26. The summed E-state index contributed by atoms with van der Waals surface area (Å²) in [4.78, 5) is 2.45. The van der Waals surface area contributed by atoms with Gasteiger partial charge in [0.05, 0.1) is 42.9 Å². The number of fused-ring (bicyclic) bond motifs is 3. The van der Waals surface area contributed by atoms with Gasteiger partial charge in [0.25, 0.3) is 0 Å². The number of hydrogen-bond acceptors (Lipinski definition) is 4. The van der Waals surface area contributed by atoms with Crippen molar-refractivity contribution in [3.63, 3.8) is 0 Å². The first-order valence-electron chi connectivity index (χ1n) is 11.5. The van der Waals surface area contributed by atoms with Gasteiger partial charge < -0.3 is 14.2 Å². The minimum absolute atomic E-state index is 0.629. The molecule has 3 aromatic rings. The van der Waals surface area contributed by atoms with Crippen LogP contribution in [0.25, 0.3) is 21.9 Å². The molecule has 0 N–H and O–H groups in total. The van der Waals surface area contributed by atoms with E-state index < -0.39 is 0 Å². The summed E-state index contributed by atoms with van der Waals surface area (Å²) in [5, 5.41) is 3.14. The second kappa shape index (κ2) is 9.65. The van der Waals surface area contributed by atoms with Crippen LogP contribution in [0.5, 0.6) is 11.5 Å². The Morgan fingerprint density at radius 1 is 1.09 bits per heavy atom. The molecule has 5 rings (SSSR count). The topological polar surface area (TPSA) is 34.8 Å². The number of hydrogen-bond donors (Lipinski definition) is 0. The molecule has 0 amide bonds. The number of benzene rings is 2. The maximum absolute atomic E-state index is 6.44. The SMILES string of the molecule is COc1ccc(-c2c[n+]3c(c4cc(OCCCN5CCOCC5)ccc24)CCC3)cc1Cl. The summed E-state index contributed by atoms with van der Waals surface area (Å²) < 4.78 is 19.3. The molecule has 0 spiro atoms. The molecule has 0 aliphatic carbocycles. The number of morpholine rings is 1. The summed E-state index contributed by atoms with van der Waals surface area (Å²) in [6, 6.07) is 12.5. The molecule has 3 heterocycles. The Hall–Kier alpha value is -2.34. The lowest BCUT2D eigenvalue weighted by molar-refractivity contribution is -0.688. The Bertz CT molecular complexity index is 1110. The largest absolute Gasteiger partial charge is 0.495 e. The minimum Gasteiger partial charge on any atom is -0.495 e. The molecule has 1 fully saturated rings. The van der Waals surface area contributed by atoms with Crippen molar-refractivity contribution >= 4 is 22.4 Å². The zero-order valence-corrected chi connectivity index (χ0v) is 19.4. The van der Waals surface area contributed by atoms with Crippen LogP contribution in [-0.4, -0.2) is 51.5 Å². The normalized spacial score (nSPS) is 16.3. The van der Waals surface area contributed by atoms with E-state index in [0.29, 0.717) is 10.8 Å². The first kappa shape index (κ1) is 21.5. The third-order valence-corrected chi connectivity index (χ3v) is 6.79. The van der Waals surface area contributed by atoms with E-state index in [1.807, 2.05) is 12.1 Å². The van der Waals surface area contributed by atoms with Gasteiger partial charge >= 0.3 is 0 Å². The summed E-state index contributed by atoms with van der Waals surface area (Å²) in [7, 11) is 1.64. The van der Waals surface area contributed by atoms with Crippen molar-refractivity contribution in [2.24, 2.45) is 0 Å². The fraction of sp³-hybridized carbons (Fsp3) is 0.423. The Kier molecular flexibility index (Phi) is 6.49. The van der Waals surface area contributed by atoms with E-state index in [1.54, 1.807) is 7.11 Å². The molecule has 6 heteroatoms. The number of ether oxygens (including phenoxy) is 3. The molecule has 1 saturated heterocycles. The Labute approximate surface area is 194 Å². The second-order valence-corrected chi connectivity index (χ2v) is 8.91. The Balaban J connectivity index is 1.39. The molecule has 168 valence electrons. The number of rotatable bonds is 7. The van der Waals surface area contributed by atoms with Gasteiger partial charge in [-0.2, -0.15) is 0 Å². The highest BCUT2D eigenvalue weighted by Crippen LogP contribution is 2.36. The fourth-order valence-corrected chi connectivity index (χ4v) is 5.06. The lowest BCUT2D eigenvalue weighted by atomic mass is 9.98. The number of nitrogens with zero attached hydrogens (tertiary/aromatic N) is 2. The van der Waals surface area contributed by atoms with Gasteiger partial charge in [0.1, 0.15) is 18.0 Å². The smallest absolute Gasteiger partial charge is 0.189 e. The van der Waals surface area contributed by atoms with E-state index in [0.717, 1.165) is 70.2 Å². The van der Waals surface area contributed by atoms with Crippen LogP contribution in [0.3, 0.4) is 0 Å². The number of methoxy groups -OCH3 is 1. The van der Waals surface area contributed by atoms with Gasteiger partial charge in [-0.05, 0) is 42.3 Å². The lowest BCUT2D eigenvalue weighted by Crippen LogP contribution is -2.37. The zero-order valence-electron chi connectivity index (χ0n) is 18.6. The molecule has 0 atom stereocenters. The molecule has 2 aliphatic rings. The molecule has 0 radical (unpaired) electrons. The van der Waals surface area contributed by atoms with Gasteiger partial charge in [0.2, 0.25) is 0 Å². The van der Waals surface area contributed by atoms with Gasteiger partial charge in [-0.25, -0.2) is 4.57 Å². The summed E-state index contributed by atoms with van der Waals surface area (Å²) in [5.74, 6) is 1.64. The average molecular weight is 454 g/mol. The molecule has 5 nitrogen and oxygen atoms in total. The van der Waals surface area contributed by atoms with E-state index in [9.17, 15) is 0 Å². The minimum atomic E-state index is 0.629. The molecule has 0 bridgehead atoms. The number of aryl methyl sites for hydroxylation is 2. The monoisotopic (exact) mass is 453 g/mol. The van der Waals surface area contributed by atoms with Crippen molar-refractivity contribution < 1.29 is 18.8 Å². The fourth-order valence-electron chi connectivity index (χ4n) is 4.81. The number of pyridine rings is 1. The molecule has 2 aliphatic heterocycles. The number of halogens is 1. The average Bonchev–Trinajstić information content (AvgIpc) is 3.31. The summed E-state index contributed by atoms with van der Waals surface area (Å²) in [6.45, 7) is 6.57. The van der Waals surface area contributed by atoms with Crippen molar-refractivity contribution in [2.75, 3.05) is 46.6 Å². The van der Waals surface area contributed by atoms with E-state index in [4.69, 9.17) is 25.8 Å². The molecule has 0 unspecified atom stereocenters. The van der Waals surface area contributed by atoms with Crippen LogP contribution in [-0.2, 0) is 17.7 Å².